The second kappa shape index (κ2) is 6.66. The molecule has 9 heteroatoms. The fraction of sp³-hybridized carbons (Fsp3) is 0.600. The van der Waals surface area contributed by atoms with Crippen molar-refractivity contribution in [1.82, 2.24) is 9.88 Å². The zero-order valence-electron chi connectivity index (χ0n) is 13.7. The van der Waals surface area contributed by atoms with Crippen molar-refractivity contribution in [3.05, 3.63) is 23.0 Å². The van der Waals surface area contributed by atoms with Crippen molar-refractivity contribution in [1.29, 1.82) is 0 Å². The highest BCUT2D eigenvalue weighted by Gasteiger charge is 2.33. The first kappa shape index (κ1) is 18.6. The van der Waals surface area contributed by atoms with Gasteiger partial charge in [0, 0.05) is 26.2 Å². The van der Waals surface area contributed by atoms with Gasteiger partial charge in [0.15, 0.2) is 5.15 Å². The van der Waals surface area contributed by atoms with Gasteiger partial charge in [0.05, 0.1) is 5.69 Å². The van der Waals surface area contributed by atoms with Gasteiger partial charge in [-0.05, 0) is 32.9 Å². The molecular weight excluding hydrogens is 347 g/mol. The molecule has 1 aromatic rings. The SMILES string of the molecule is CC(C)(C)OC(=O)N1CCN(c2ccc(C(F)(F)F)nc2Cl)CC1. The van der Waals surface area contributed by atoms with E-state index in [1.165, 1.54) is 6.07 Å². The predicted octanol–water partition coefficient (Wildman–Crippen LogP) is 3.81. The average molecular weight is 366 g/mol. The van der Waals surface area contributed by atoms with Gasteiger partial charge in [0.1, 0.15) is 11.3 Å². The summed E-state index contributed by atoms with van der Waals surface area (Å²) >= 11 is 5.90. The van der Waals surface area contributed by atoms with Crippen LogP contribution in [0, 0.1) is 0 Å². The summed E-state index contributed by atoms with van der Waals surface area (Å²) in [6, 6.07) is 2.21. The van der Waals surface area contributed by atoms with E-state index in [2.05, 4.69) is 4.98 Å². The summed E-state index contributed by atoms with van der Waals surface area (Å²) in [4.78, 5) is 18.8. The first-order chi connectivity index (χ1) is 11.0. The molecular formula is C15H19ClF3N3O2. The number of amides is 1. The molecule has 0 bridgehead atoms. The molecule has 134 valence electrons. The van der Waals surface area contributed by atoms with Crippen molar-refractivity contribution in [3.63, 3.8) is 0 Å². The molecule has 0 aromatic carbocycles. The van der Waals surface area contributed by atoms with E-state index in [1.807, 2.05) is 0 Å². The van der Waals surface area contributed by atoms with Crippen molar-refractivity contribution in [2.45, 2.75) is 32.5 Å². The van der Waals surface area contributed by atoms with E-state index in [-0.39, 0.29) is 5.15 Å². The Bertz CT molecular complexity index is 609. The van der Waals surface area contributed by atoms with Crippen LogP contribution >= 0.6 is 11.6 Å². The molecule has 1 saturated heterocycles. The normalized spacial score (nSPS) is 16.3. The number of piperazine rings is 1. The lowest BCUT2D eigenvalue weighted by Crippen LogP contribution is -2.50. The smallest absolute Gasteiger partial charge is 0.433 e. The summed E-state index contributed by atoms with van der Waals surface area (Å²) < 4.78 is 43.2. The maximum Gasteiger partial charge on any atom is 0.433 e. The zero-order valence-corrected chi connectivity index (χ0v) is 14.4. The van der Waals surface area contributed by atoms with Crippen molar-refractivity contribution >= 4 is 23.4 Å². The lowest BCUT2D eigenvalue weighted by Gasteiger charge is -2.36. The number of hydrogen-bond acceptors (Lipinski definition) is 4. The molecule has 0 unspecified atom stereocenters. The molecule has 2 heterocycles. The fourth-order valence-electron chi connectivity index (χ4n) is 2.28. The van der Waals surface area contributed by atoms with Crippen LogP contribution in [0.5, 0.6) is 0 Å². The van der Waals surface area contributed by atoms with Crippen molar-refractivity contribution < 1.29 is 22.7 Å². The third-order valence-electron chi connectivity index (χ3n) is 3.39. The van der Waals surface area contributed by atoms with Crippen LogP contribution in [0.25, 0.3) is 0 Å². The van der Waals surface area contributed by atoms with Crippen LogP contribution in [0.15, 0.2) is 12.1 Å². The van der Waals surface area contributed by atoms with Crippen molar-refractivity contribution in [2.75, 3.05) is 31.1 Å². The van der Waals surface area contributed by atoms with Gasteiger partial charge in [0.25, 0.3) is 0 Å². The summed E-state index contributed by atoms with van der Waals surface area (Å²) in [5.74, 6) is 0. The van der Waals surface area contributed by atoms with Crippen LogP contribution in [-0.2, 0) is 10.9 Å². The van der Waals surface area contributed by atoms with Gasteiger partial charge in [-0.2, -0.15) is 13.2 Å². The first-order valence-electron chi connectivity index (χ1n) is 7.44. The molecule has 0 saturated carbocycles. The highest BCUT2D eigenvalue weighted by Crippen LogP contribution is 2.32. The standard InChI is InChI=1S/C15H19ClF3N3O2/c1-14(2,3)24-13(23)22-8-6-21(7-9-22)10-4-5-11(15(17,18)19)20-12(10)16/h4-5H,6-9H2,1-3H3. The van der Waals surface area contributed by atoms with E-state index >= 15 is 0 Å². The maximum atomic E-state index is 12.6. The van der Waals surface area contributed by atoms with E-state index in [0.29, 0.717) is 31.9 Å². The third kappa shape index (κ3) is 4.66. The van der Waals surface area contributed by atoms with Crippen LogP contribution in [0.1, 0.15) is 26.5 Å². The Morgan fingerprint density at radius 3 is 2.21 bits per heavy atom. The Morgan fingerprint density at radius 1 is 1.17 bits per heavy atom. The van der Waals surface area contributed by atoms with Gasteiger partial charge in [0.2, 0.25) is 0 Å². The topological polar surface area (TPSA) is 45.7 Å². The Morgan fingerprint density at radius 2 is 1.75 bits per heavy atom. The van der Waals surface area contributed by atoms with Gasteiger partial charge in [-0.15, -0.1) is 0 Å². The third-order valence-corrected chi connectivity index (χ3v) is 3.67. The number of nitrogens with zero attached hydrogens (tertiary/aromatic N) is 3. The van der Waals surface area contributed by atoms with Crippen LogP contribution < -0.4 is 4.90 Å². The number of rotatable bonds is 1. The number of halogens is 4. The highest BCUT2D eigenvalue weighted by molar-refractivity contribution is 6.32. The summed E-state index contributed by atoms with van der Waals surface area (Å²) in [5.41, 5.74) is -1.17. The molecule has 1 amide bonds. The molecule has 0 aliphatic carbocycles. The van der Waals surface area contributed by atoms with Crippen LogP contribution in [0.3, 0.4) is 0 Å². The molecule has 1 aromatic heterocycles. The number of carbonyl (C=O) groups is 1. The molecule has 1 aliphatic rings. The Labute approximate surface area is 143 Å². The molecule has 1 fully saturated rings. The fourth-order valence-corrected chi connectivity index (χ4v) is 2.55. The summed E-state index contributed by atoms with van der Waals surface area (Å²) in [7, 11) is 0. The lowest BCUT2D eigenvalue weighted by atomic mass is 10.2. The minimum atomic E-state index is -4.53. The van der Waals surface area contributed by atoms with Crippen LogP contribution in [0.4, 0.5) is 23.7 Å². The highest BCUT2D eigenvalue weighted by atomic mass is 35.5. The Hall–Kier alpha value is -1.70. The van der Waals surface area contributed by atoms with E-state index in [0.717, 1.165) is 6.07 Å². The Balaban J connectivity index is 2.01. The molecule has 1 aliphatic heterocycles. The number of carbonyl (C=O) groups excluding carboxylic acids is 1. The number of pyridine rings is 1. The largest absolute Gasteiger partial charge is 0.444 e. The number of alkyl halides is 3. The molecule has 0 N–H and O–H groups in total. The average Bonchev–Trinajstić information content (AvgIpc) is 2.44. The van der Waals surface area contributed by atoms with Crippen molar-refractivity contribution in [2.24, 2.45) is 0 Å². The van der Waals surface area contributed by atoms with E-state index < -0.39 is 23.6 Å². The summed E-state index contributed by atoms with van der Waals surface area (Å²) in [5, 5.41) is -0.199. The lowest BCUT2D eigenvalue weighted by molar-refractivity contribution is -0.141. The predicted molar refractivity (Wildman–Crippen MR) is 84.3 cm³/mol. The van der Waals surface area contributed by atoms with Gasteiger partial charge < -0.3 is 14.5 Å². The van der Waals surface area contributed by atoms with E-state index in [4.69, 9.17) is 16.3 Å². The van der Waals surface area contributed by atoms with Crippen molar-refractivity contribution in [3.8, 4) is 0 Å². The minimum Gasteiger partial charge on any atom is -0.444 e. The van der Waals surface area contributed by atoms with E-state index in [9.17, 15) is 18.0 Å². The van der Waals surface area contributed by atoms with Crippen LogP contribution in [-0.4, -0.2) is 47.8 Å². The summed E-state index contributed by atoms with van der Waals surface area (Å²) in [6.45, 7) is 7.02. The number of hydrogen-bond donors (Lipinski definition) is 0. The zero-order chi connectivity index (χ0) is 18.1. The second-order valence-electron chi connectivity index (χ2n) is 6.46. The first-order valence-corrected chi connectivity index (χ1v) is 7.82. The molecule has 0 radical (unpaired) electrons. The van der Waals surface area contributed by atoms with Gasteiger partial charge in [-0.1, -0.05) is 11.6 Å². The van der Waals surface area contributed by atoms with Gasteiger partial charge in [-0.25, -0.2) is 9.78 Å². The number of aromatic nitrogens is 1. The van der Waals surface area contributed by atoms with Crippen LogP contribution in [0.2, 0.25) is 5.15 Å². The minimum absolute atomic E-state index is 0.199. The monoisotopic (exact) mass is 365 g/mol. The van der Waals surface area contributed by atoms with E-state index in [1.54, 1.807) is 30.6 Å². The number of ether oxygens (including phenoxy) is 1. The molecule has 0 spiro atoms. The molecule has 5 nitrogen and oxygen atoms in total. The second-order valence-corrected chi connectivity index (χ2v) is 6.82. The Kier molecular flexibility index (Phi) is 5.17. The van der Waals surface area contributed by atoms with Gasteiger partial charge >= 0.3 is 12.3 Å². The van der Waals surface area contributed by atoms with Gasteiger partial charge in [-0.3, -0.25) is 0 Å². The molecule has 24 heavy (non-hydrogen) atoms. The summed E-state index contributed by atoms with van der Waals surface area (Å²) in [6.07, 6.45) is -4.93. The maximum absolute atomic E-state index is 12.6. The quantitative estimate of drug-likeness (QED) is 0.710. The molecule has 0 atom stereocenters. The molecule has 2 rings (SSSR count). The number of anilines is 1.